The van der Waals surface area contributed by atoms with Gasteiger partial charge in [-0.15, -0.1) is 11.3 Å². The van der Waals surface area contributed by atoms with Gasteiger partial charge in [-0.25, -0.2) is 4.98 Å². The molecule has 4 heteroatoms. The molecule has 0 unspecified atom stereocenters. The number of aromatic nitrogens is 1. The summed E-state index contributed by atoms with van der Waals surface area (Å²) in [6, 6.07) is 0. The fourth-order valence-electron chi connectivity index (χ4n) is 2.87. The first kappa shape index (κ1) is 14.0. The molecule has 1 aliphatic heterocycles. The van der Waals surface area contributed by atoms with Crippen LogP contribution < -0.4 is 5.32 Å². The van der Waals surface area contributed by atoms with E-state index in [1.165, 1.54) is 43.1 Å². The number of hydrogen-bond acceptors (Lipinski definition) is 4. The SMILES string of the molecule is CCC1(CC)CCN(Cc2csc(CNC)n2)C1. The highest BCUT2D eigenvalue weighted by Gasteiger charge is 2.34. The van der Waals surface area contributed by atoms with Crippen molar-refractivity contribution in [3.05, 3.63) is 16.1 Å². The van der Waals surface area contributed by atoms with Crippen LogP contribution in [0.1, 0.15) is 43.8 Å². The maximum absolute atomic E-state index is 4.68. The van der Waals surface area contributed by atoms with E-state index in [0.29, 0.717) is 5.41 Å². The van der Waals surface area contributed by atoms with Crippen molar-refractivity contribution in [3.8, 4) is 0 Å². The quantitative estimate of drug-likeness (QED) is 0.859. The van der Waals surface area contributed by atoms with Gasteiger partial charge in [-0.05, 0) is 38.3 Å². The number of thiazole rings is 1. The fourth-order valence-corrected chi connectivity index (χ4v) is 3.67. The van der Waals surface area contributed by atoms with E-state index in [2.05, 4.69) is 34.4 Å². The molecule has 2 heterocycles. The van der Waals surface area contributed by atoms with Crippen LogP contribution in [0.25, 0.3) is 0 Å². The third kappa shape index (κ3) is 3.11. The molecular formula is C14H25N3S. The second kappa shape index (κ2) is 6.13. The minimum Gasteiger partial charge on any atom is -0.314 e. The summed E-state index contributed by atoms with van der Waals surface area (Å²) in [6.45, 7) is 9.07. The highest BCUT2D eigenvalue weighted by Crippen LogP contribution is 2.37. The minimum absolute atomic E-state index is 0.573. The van der Waals surface area contributed by atoms with Crippen molar-refractivity contribution >= 4 is 11.3 Å². The van der Waals surface area contributed by atoms with Crippen molar-refractivity contribution in [2.75, 3.05) is 20.1 Å². The Kier molecular flexibility index (Phi) is 4.76. The van der Waals surface area contributed by atoms with E-state index < -0.39 is 0 Å². The second-order valence-electron chi connectivity index (χ2n) is 5.43. The van der Waals surface area contributed by atoms with Crippen LogP contribution in [-0.2, 0) is 13.1 Å². The van der Waals surface area contributed by atoms with Gasteiger partial charge in [0.1, 0.15) is 5.01 Å². The highest BCUT2D eigenvalue weighted by molar-refractivity contribution is 7.09. The fraction of sp³-hybridized carbons (Fsp3) is 0.786. The number of rotatable bonds is 6. The molecular weight excluding hydrogens is 242 g/mol. The monoisotopic (exact) mass is 267 g/mol. The Morgan fingerprint density at radius 3 is 2.83 bits per heavy atom. The third-order valence-corrected chi connectivity index (χ3v) is 5.23. The minimum atomic E-state index is 0.573. The van der Waals surface area contributed by atoms with E-state index in [4.69, 9.17) is 0 Å². The lowest BCUT2D eigenvalue weighted by molar-refractivity contribution is 0.235. The molecule has 3 nitrogen and oxygen atoms in total. The lowest BCUT2D eigenvalue weighted by Gasteiger charge is -2.26. The van der Waals surface area contributed by atoms with Gasteiger partial charge in [0.25, 0.3) is 0 Å². The second-order valence-corrected chi connectivity index (χ2v) is 6.37. The van der Waals surface area contributed by atoms with Gasteiger partial charge in [-0.1, -0.05) is 13.8 Å². The highest BCUT2D eigenvalue weighted by atomic mass is 32.1. The Hall–Kier alpha value is -0.450. The molecule has 1 saturated heterocycles. The Balaban J connectivity index is 1.90. The van der Waals surface area contributed by atoms with Crippen molar-refractivity contribution in [2.45, 2.75) is 46.2 Å². The van der Waals surface area contributed by atoms with Gasteiger partial charge in [-0.2, -0.15) is 0 Å². The first-order valence-corrected chi connectivity index (χ1v) is 7.89. The van der Waals surface area contributed by atoms with Gasteiger partial charge in [-0.3, -0.25) is 4.90 Å². The number of nitrogens with one attached hydrogen (secondary N) is 1. The molecule has 0 saturated carbocycles. The van der Waals surface area contributed by atoms with Crippen LogP contribution in [0.4, 0.5) is 0 Å². The maximum atomic E-state index is 4.68. The molecule has 0 aliphatic carbocycles. The Labute approximate surface area is 115 Å². The third-order valence-electron chi connectivity index (χ3n) is 4.33. The summed E-state index contributed by atoms with van der Waals surface area (Å²) in [6.07, 6.45) is 3.97. The molecule has 1 N–H and O–H groups in total. The first-order valence-electron chi connectivity index (χ1n) is 7.01. The van der Waals surface area contributed by atoms with Crippen molar-refractivity contribution in [2.24, 2.45) is 5.41 Å². The van der Waals surface area contributed by atoms with Crippen LogP contribution in [0, 0.1) is 5.41 Å². The molecule has 0 amide bonds. The summed E-state index contributed by atoms with van der Waals surface area (Å²) >= 11 is 1.77. The Morgan fingerprint density at radius 1 is 1.44 bits per heavy atom. The van der Waals surface area contributed by atoms with Crippen molar-refractivity contribution in [3.63, 3.8) is 0 Å². The molecule has 2 rings (SSSR count). The van der Waals surface area contributed by atoms with Crippen molar-refractivity contribution < 1.29 is 0 Å². The zero-order valence-electron chi connectivity index (χ0n) is 11.8. The summed E-state index contributed by atoms with van der Waals surface area (Å²) in [5, 5.41) is 6.57. The molecule has 0 spiro atoms. The molecule has 0 radical (unpaired) electrons. The molecule has 1 aliphatic rings. The molecule has 1 aromatic heterocycles. The largest absolute Gasteiger partial charge is 0.314 e. The van der Waals surface area contributed by atoms with E-state index in [9.17, 15) is 0 Å². The van der Waals surface area contributed by atoms with Crippen LogP contribution in [0.15, 0.2) is 5.38 Å². The van der Waals surface area contributed by atoms with Crippen LogP contribution in [0.2, 0.25) is 0 Å². The summed E-state index contributed by atoms with van der Waals surface area (Å²) in [7, 11) is 1.97. The predicted octanol–water partition coefficient (Wildman–Crippen LogP) is 2.87. The Bertz CT molecular complexity index is 371. The summed E-state index contributed by atoms with van der Waals surface area (Å²) in [5.74, 6) is 0. The van der Waals surface area contributed by atoms with Gasteiger partial charge < -0.3 is 5.32 Å². The summed E-state index contributed by atoms with van der Waals surface area (Å²) < 4.78 is 0. The maximum Gasteiger partial charge on any atom is 0.107 e. The molecule has 0 aromatic carbocycles. The average molecular weight is 267 g/mol. The van der Waals surface area contributed by atoms with Crippen molar-refractivity contribution in [1.82, 2.24) is 15.2 Å². The van der Waals surface area contributed by atoms with Gasteiger partial charge in [0.15, 0.2) is 0 Å². The van der Waals surface area contributed by atoms with E-state index in [1.54, 1.807) is 11.3 Å². The predicted molar refractivity (Wildman–Crippen MR) is 77.8 cm³/mol. The average Bonchev–Trinajstić information content (AvgIpc) is 2.98. The topological polar surface area (TPSA) is 28.2 Å². The van der Waals surface area contributed by atoms with Crippen LogP contribution >= 0.6 is 11.3 Å². The molecule has 102 valence electrons. The molecule has 18 heavy (non-hydrogen) atoms. The summed E-state index contributed by atoms with van der Waals surface area (Å²) in [5.41, 5.74) is 1.82. The standard InChI is InChI=1S/C14H25N3S/c1-4-14(5-2)6-7-17(11-14)9-12-10-18-13(16-12)8-15-3/h10,15H,4-9,11H2,1-3H3. The molecule has 1 fully saturated rings. The Morgan fingerprint density at radius 2 is 2.22 bits per heavy atom. The van der Waals surface area contributed by atoms with Crippen LogP contribution in [-0.4, -0.2) is 30.0 Å². The number of nitrogens with zero attached hydrogens (tertiary/aromatic N) is 2. The smallest absolute Gasteiger partial charge is 0.107 e. The normalized spacial score (nSPS) is 19.5. The molecule has 0 bridgehead atoms. The lowest BCUT2D eigenvalue weighted by atomic mass is 9.82. The zero-order valence-corrected chi connectivity index (χ0v) is 12.6. The van der Waals surface area contributed by atoms with E-state index in [0.717, 1.165) is 13.1 Å². The van der Waals surface area contributed by atoms with E-state index in [-0.39, 0.29) is 0 Å². The molecule has 0 atom stereocenters. The van der Waals surface area contributed by atoms with Gasteiger partial charge in [0.05, 0.1) is 5.69 Å². The van der Waals surface area contributed by atoms with Crippen LogP contribution in [0.3, 0.4) is 0 Å². The van der Waals surface area contributed by atoms with Gasteiger partial charge >= 0.3 is 0 Å². The molecule has 1 aromatic rings. The zero-order chi connectivity index (χ0) is 13.0. The van der Waals surface area contributed by atoms with Gasteiger partial charge in [0.2, 0.25) is 0 Å². The van der Waals surface area contributed by atoms with E-state index >= 15 is 0 Å². The summed E-state index contributed by atoms with van der Waals surface area (Å²) in [4.78, 5) is 7.25. The first-order chi connectivity index (χ1) is 8.71. The van der Waals surface area contributed by atoms with E-state index in [1.807, 2.05) is 7.05 Å². The van der Waals surface area contributed by atoms with Crippen molar-refractivity contribution in [1.29, 1.82) is 0 Å². The van der Waals surface area contributed by atoms with Gasteiger partial charge in [0, 0.05) is 25.0 Å². The lowest BCUT2D eigenvalue weighted by Crippen LogP contribution is -2.26. The van der Waals surface area contributed by atoms with Crippen LogP contribution in [0.5, 0.6) is 0 Å². The number of hydrogen-bond donors (Lipinski definition) is 1. The number of likely N-dealkylation sites (tertiary alicyclic amines) is 1.